The Kier molecular flexibility index (Phi) is 3.49. The molecule has 1 aromatic heterocycles. The Morgan fingerprint density at radius 1 is 1.41 bits per heavy atom. The molecule has 17 heavy (non-hydrogen) atoms. The lowest BCUT2D eigenvalue weighted by Gasteiger charge is -2.03. The van der Waals surface area contributed by atoms with Crippen LogP contribution in [0, 0.1) is 12.7 Å². The van der Waals surface area contributed by atoms with Crippen molar-refractivity contribution in [3.8, 4) is 5.69 Å². The summed E-state index contributed by atoms with van der Waals surface area (Å²) in [7, 11) is 0. The number of aliphatic hydroxyl groups is 1. The Bertz CT molecular complexity index is 510. The summed E-state index contributed by atoms with van der Waals surface area (Å²) in [4.78, 5) is 0. The number of hydrogen-bond acceptors (Lipinski definition) is 3. The first-order valence-electron chi connectivity index (χ1n) is 5.49. The van der Waals surface area contributed by atoms with E-state index in [0.29, 0.717) is 12.8 Å². The molecule has 0 atom stereocenters. The molecule has 0 saturated carbocycles. The van der Waals surface area contributed by atoms with Gasteiger partial charge in [-0.05, 0) is 43.5 Å². The van der Waals surface area contributed by atoms with Crippen LogP contribution in [0.2, 0.25) is 0 Å². The SMILES string of the molecule is Cc1cc(F)ccc1-n1cc(CCCO)nn1. The molecule has 0 aliphatic carbocycles. The monoisotopic (exact) mass is 235 g/mol. The van der Waals surface area contributed by atoms with Crippen LogP contribution in [-0.2, 0) is 6.42 Å². The molecule has 2 aromatic rings. The predicted octanol–water partition coefficient (Wildman–Crippen LogP) is 1.64. The zero-order chi connectivity index (χ0) is 12.3. The highest BCUT2D eigenvalue weighted by atomic mass is 19.1. The van der Waals surface area contributed by atoms with E-state index in [4.69, 9.17) is 5.11 Å². The number of hydrogen-bond donors (Lipinski definition) is 1. The van der Waals surface area contributed by atoms with Gasteiger partial charge in [0.1, 0.15) is 5.82 Å². The Morgan fingerprint density at radius 3 is 2.94 bits per heavy atom. The van der Waals surface area contributed by atoms with Gasteiger partial charge in [-0.15, -0.1) is 5.10 Å². The highest BCUT2D eigenvalue weighted by Crippen LogP contribution is 2.14. The first kappa shape index (κ1) is 11.7. The van der Waals surface area contributed by atoms with E-state index < -0.39 is 0 Å². The maximum Gasteiger partial charge on any atom is 0.123 e. The minimum atomic E-state index is -0.258. The smallest absolute Gasteiger partial charge is 0.123 e. The van der Waals surface area contributed by atoms with Crippen molar-refractivity contribution in [3.05, 3.63) is 41.5 Å². The molecule has 0 fully saturated rings. The lowest BCUT2D eigenvalue weighted by molar-refractivity contribution is 0.288. The fourth-order valence-electron chi connectivity index (χ4n) is 1.67. The van der Waals surface area contributed by atoms with Gasteiger partial charge in [-0.1, -0.05) is 5.21 Å². The minimum absolute atomic E-state index is 0.141. The molecule has 0 unspecified atom stereocenters. The first-order chi connectivity index (χ1) is 8.20. The van der Waals surface area contributed by atoms with Crippen molar-refractivity contribution in [1.82, 2.24) is 15.0 Å². The Labute approximate surface area is 98.7 Å². The molecule has 0 aliphatic heterocycles. The summed E-state index contributed by atoms with van der Waals surface area (Å²) in [5.74, 6) is -0.258. The van der Waals surface area contributed by atoms with Crippen molar-refractivity contribution < 1.29 is 9.50 Å². The van der Waals surface area contributed by atoms with Gasteiger partial charge < -0.3 is 5.11 Å². The fraction of sp³-hybridized carbons (Fsp3) is 0.333. The maximum atomic E-state index is 13.0. The summed E-state index contributed by atoms with van der Waals surface area (Å²) in [6.45, 7) is 1.97. The molecule has 1 heterocycles. The van der Waals surface area contributed by atoms with E-state index in [0.717, 1.165) is 16.9 Å². The molecular formula is C12H14FN3O. The van der Waals surface area contributed by atoms with Crippen molar-refractivity contribution in [1.29, 1.82) is 0 Å². The number of aromatic nitrogens is 3. The third-order valence-corrected chi connectivity index (χ3v) is 2.54. The first-order valence-corrected chi connectivity index (χ1v) is 5.49. The summed E-state index contributed by atoms with van der Waals surface area (Å²) in [5, 5.41) is 16.7. The maximum absolute atomic E-state index is 13.0. The van der Waals surface area contributed by atoms with E-state index in [1.165, 1.54) is 12.1 Å². The van der Waals surface area contributed by atoms with Gasteiger partial charge in [0.2, 0.25) is 0 Å². The molecule has 0 radical (unpaired) electrons. The lowest BCUT2D eigenvalue weighted by Crippen LogP contribution is -1.98. The molecule has 0 bridgehead atoms. The standard InChI is InChI=1S/C12H14FN3O/c1-9-7-10(13)4-5-12(9)16-8-11(14-15-16)3-2-6-17/h4-5,7-8,17H,2-3,6H2,1H3. The third kappa shape index (κ3) is 2.68. The van der Waals surface area contributed by atoms with Crippen LogP contribution in [0.1, 0.15) is 17.7 Å². The van der Waals surface area contributed by atoms with Crippen molar-refractivity contribution in [2.24, 2.45) is 0 Å². The van der Waals surface area contributed by atoms with Crippen LogP contribution in [0.4, 0.5) is 4.39 Å². The fourth-order valence-corrected chi connectivity index (χ4v) is 1.67. The topological polar surface area (TPSA) is 50.9 Å². The number of halogens is 1. The van der Waals surface area contributed by atoms with Crippen molar-refractivity contribution in [3.63, 3.8) is 0 Å². The second-order valence-corrected chi connectivity index (χ2v) is 3.91. The molecule has 0 amide bonds. The van der Waals surface area contributed by atoms with Crippen LogP contribution in [0.3, 0.4) is 0 Å². The van der Waals surface area contributed by atoms with E-state index in [2.05, 4.69) is 10.3 Å². The molecule has 4 nitrogen and oxygen atoms in total. The molecule has 0 spiro atoms. The van der Waals surface area contributed by atoms with Gasteiger partial charge in [-0.3, -0.25) is 0 Å². The second-order valence-electron chi connectivity index (χ2n) is 3.91. The Balaban J connectivity index is 2.24. The predicted molar refractivity (Wildman–Crippen MR) is 61.5 cm³/mol. The van der Waals surface area contributed by atoms with E-state index in [1.54, 1.807) is 16.9 Å². The largest absolute Gasteiger partial charge is 0.396 e. The van der Waals surface area contributed by atoms with Gasteiger partial charge in [0, 0.05) is 6.61 Å². The summed E-state index contributed by atoms with van der Waals surface area (Å²) in [6.07, 6.45) is 3.16. The van der Waals surface area contributed by atoms with Crippen molar-refractivity contribution >= 4 is 0 Å². The van der Waals surface area contributed by atoms with Crippen LogP contribution in [-0.4, -0.2) is 26.7 Å². The van der Waals surface area contributed by atoms with Crippen LogP contribution in [0.5, 0.6) is 0 Å². The molecule has 0 aliphatic rings. The van der Waals surface area contributed by atoms with Gasteiger partial charge in [0.25, 0.3) is 0 Å². The lowest BCUT2D eigenvalue weighted by atomic mass is 10.2. The van der Waals surface area contributed by atoms with Crippen LogP contribution >= 0.6 is 0 Å². The zero-order valence-electron chi connectivity index (χ0n) is 9.60. The van der Waals surface area contributed by atoms with Gasteiger partial charge in [0.05, 0.1) is 17.6 Å². The Hall–Kier alpha value is -1.75. The van der Waals surface area contributed by atoms with Crippen molar-refractivity contribution in [2.45, 2.75) is 19.8 Å². The molecule has 1 aromatic carbocycles. The number of rotatable bonds is 4. The highest BCUT2D eigenvalue weighted by molar-refractivity contribution is 5.39. The molecule has 0 saturated heterocycles. The van der Waals surface area contributed by atoms with Crippen LogP contribution in [0.25, 0.3) is 5.69 Å². The summed E-state index contributed by atoms with van der Waals surface area (Å²) in [5.41, 5.74) is 2.44. The molecule has 1 N–H and O–H groups in total. The van der Waals surface area contributed by atoms with E-state index in [9.17, 15) is 4.39 Å². The second kappa shape index (κ2) is 5.05. The van der Waals surface area contributed by atoms with Crippen LogP contribution < -0.4 is 0 Å². The number of benzene rings is 1. The number of aryl methyl sites for hydroxylation is 2. The highest BCUT2D eigenvalue weighted by Gasteiger charge is 2.06. The van der Waals surface area contributed by atoms with Gasteiger partial charge in [-0.25, -0.2) is 9.07 Å². The molecule has 90 valence electrons. The average molecular weight is 235 g/mol. The quantitative estimate of drug-likeness (QED) is 0.876. The summed E-state index contributed by atoms with van der Waals surface area (Å²) in [6, 6.07) is 4.54. The zero-order valence-corrected chi connectivity index (χ0v) is 9.60. The van der Waals surface area contributed by atoms with Gasteiger partial charge in [0.15, 0.2) is 0 Å². The van der Waals surface area contributed by atoms with Crippen LogP contribution in [0.15, 0.2) is 24.4 Å². The molecule has 2 rings (SSSR count). The summed E-state index contributed by atoms with van der Waals surface area (Å²) >= 11 is 0. The molecule has 5 heteroatoms. The van der Waals surface area contributed by atoms with E-state index in [-0.39, 0.29) is 12.4 Å². The van der Waals surface area contributed by atoms with Gasteiger partial charge in [-0.2, -0.15) is 0 Å². The number of aliphatic hydroxyl groups excluding tert-OH is 1. The molecular weight excluding hydrogens is 221 g/mol. The summed E-state index contributed by atoms with van der Waals surface area (Å²) < 4.78 is 14.6. The average Bonchev–Trinajstić information content (AvgIpc) is 2.75. The van der Waals surface area contributed by atoms with E-state index >= 15 is 0 Å². The Morgan fingerprint density at radius 2 is 2.24 bits per heavy atom. The number of nitrogens with zero attached hydrogens (tertiary/aromatic N) is 3. The van der Waals surface area contributed by atoms with Gasteiger partial charge >= 0.3 is 0 Å². The minimum Gasteiger partial charge on any atom is -0.396 e. The van der Waals surface area contributed by atoms with E-state index in [1.807, 2.05) is 6.92 Å². The third-order valence-electron chi connectivity index (χ3n) is 2.54. The normalized spacial score (nSPS) is 10.8. The van der Waals surface area contributed by atoms with Crippen molar-refractivity contribution in [2.75, 3.05) is 6.61 Å².